The third-order valence-corrected chi connectivity index (χ3v) is 0.851. The molecule has 8 heavy (non-hydrogen) atoms. The first kappa shape index (κ1) is 7.51. The van der Waals surface area contributed by atoms with Gasteiger partial charge in [0.25, 0.3) is 0 Å². The minimum absolute atomic E-state index is 0.472. The van der Waals surface area contributed by atoms with Gasteiger partial charge in [-0.25, -0.2) is 0 Å². The molecule has 0 spiro atoms. The van der Waals surface area contributed by atoms with E-state index in [1.165, 1.54) is 6.26 Å². The summed E-state index contributed by atoms with van der Waals surface area (Å²) in [4.78, 5) is 0. The van der Waals surface area contributed by atoms with E-state index >= 15 is 0 Å². The zero-order valence-electron chi connectivity index (χ0n) is 4.18. The molecule has 0 rings (SSSR count). The molecule has 0 fully saturated rings. The minimum Gasteiger partial charge on any atom is -0.546 e. The fourth-order valence-corrected chi connectivity index (χ4v) is 0.280. The first-order valence-corrected chi connectivity index (χ1v) is 2.64. The highest BCUT2D eigenvalue weighted by Crippen LogP contribution is 1.89. The second-order valence-electron chi connectivity index (χ2n) is 0.989. The van der Waals surface area contributed by atoms with E-state index in [4.69, 9.17) is 0 Å². The van der Waals surface area contributed by atoms with Crippen molar-refractivity contribution in [2.24, 2.45) is 0 Å². The van der Waals surface area contributed by atoms with Gasteiger partial charge in [-0.05, 0) is 0 Å². The molecule has 0 aromatic carbocycles. The van der Waals surface area contributed by atoms with E-state index in [0.29, 0.717) is 5.76 Å². The quantitative estimate of drug-likeness (QED) is 0.317. The lowest BCUT2D eigenvalue weighted by molar-refractivity contribution is 0.482. The second-order valence-corrected chi connectivity index (χ2v) is 1.43. The standard InChI is InChI=1S/C4H4O2Si2/c1-4(6-8)2-3-5-7/h2-3H,1H2. The van der Waals surface area contributed by atoms with Crippen LogP contribution in [-0.4, -0.2) is 21.0 Å². The Morgan fingerprint density at radius 3 is 2.50 bits per heavy atom. The van der Waals surface area contributed by atoms with E-state index in [2.05, 4.69) is 36.4 Å². The Bertz CT molecular complexity index is 100. The van der Waals surface area contributed by atoms with Gasteiger partial charge in [0.1, 0.15) is 0 Å². The molecule has 0 saturated carbocycles. The molecular weight excluding hydrogens is 136 g/mol. The molecular formula is C4H4O2Si2. The van der Waals surface area contributed by atoms with Crippen LogP contribution in [0.2, 0.25) is 0 Å². The summed E-state index contributed by atoms with van der Waals surface area (Å²) in [6, 6.07) is 0. The third-order valence-electron chi connectivity index (χ3n) is 0.453. The molecule has 0 aliphatic carbocycles. The van der Waals surface area contributed by atoms with Crippen LogP contribution in [-0.2, 0) is 8.85 Å². The van der Waals surface area contributed by atoms with Crippen LogP contribution in [0.3, 0.4) is 0 Å². The molecule has 0 atom stereocenters. The maximum atomic E-state index is 4.47. The van der Waals surface area contributed by atoms with Crippen molar-refractivity contribution in [3.05, 3.63) is 24.7 Å². The van der Waals surface area contributed by atoms with Gasteiger partial charge in [0.15, 0.2) is 0 Å². The maximum Gasteiger partial charge on any atom is 0.341 e. The number of hydrogen-bond donors (Lipinski definition) is 0. The summed E-state index contributed by atoms with van der Waals surface area (Å²) in [6.45, 7) is 3.45. The van der Waals surface area contributed by atoms with Gasteiger partial charge >= 0.3 is 21.0 Å². The van der Waals surface area contributed by atoms with Crippen LogP contribution in [0.5, 0.6) is 0 Å². The largest absolute Gasteiger partial charge is 0.546 e. The van der Waals surface area contributed by atoms with Gasteiger partial charge in [0.2, 0.25) is 0 Å². The zero-order valence-corrected chi connectivity index (χ0v) is 6.18. The summed E-state index contributed by atoms with van der Waals surface area (Å²) in [6.07, 6.45) is 2.93. The Labute approximate surface area is 55.3 Å². The van der Waals surface area contributed by atoms with Crippen molar-refractivity contribution >= 4 is 21.0 Å². The Morgan fingerprint density at radius 1 is 1.50 bits per heavy atom. The number of hydrogen-bond acceptors (Lipinski definition) is 2. The minimum atomic E-state index is 0.472. The van der Waals surface area contributed by atoms with Crippen molar-refractivity contribution in [1.29, 1.82) is 0 Å². The molecule has 0 saturated heterocycles. The van der Waals surface area contributed by atoms with Crippen molar-refractivity contribution in [1.82, 2.24) is 0 Å². The first-order valence-electron chi connectivity index (χ1n) is 1.82. The Kier molecular flexibility index (Phi) is 4.38. The van der Waals surface area contributed by atoms with Crippen LogP contribution >= 0.6 is 0 Å². The Morgan fingerprint density at radius 2 is 2.12 bits per heavy atom. The van der Waals surface area contributed by atoms with E-state index in [-0.39, 0.29) is 0 Å². The van der Waals surface area contributed by atoms with E-state index < -0.39 is 0 Å². The number of allylic oxidation sites excluding steroid dienone is 1. The average Bonchev–Trinajstić information content (AvgIpc) is 1.83. The topological polar surface area (TPSA) is 18.5 Å². The molecule has 40 valence electrons. The lowest BCUT2D eigenvalue weighted by Gasteiger charge is -1.93. The summed E-state index contributed by atoms with van der Waals surface area (Å²) >= 11 is 0. The number of rotatable bonds is 3. The van der Waals surface area contributed by atoms with Gasteiger partial charge in [-0.3, -0.25) is 0 Å². The van der Waals surface area contributed by atoms with Gasteiger partial charge in [0.05, 0.1) is 12.0 Å². The van der Waals surface area contributed by atoms with Crippen LogP contribution in [0.1, 0.15) is 0 Å². The van der Waals surface area contributed by atoms with Crippen molar-refractivity contribution < 1.29 is 8.85 Å². The third kappa shape index (κ3) is 3.70. The summed E-state index contributed by atoms with van der Waals surface area (Å²) < 4.78 is 8.85. The second kappa shape index (κ2) is 4.67. The first-order chi connectivity index (χ1) is 3.81. The lowest BCUT2D eigenvalue weighted by Crippen LogP contribution is -1.79. The highest BCUT2D eigenvalue weighted by atomic mass is 28.2. The van der Waals surface area contributed by atoms with Gasteiger partial charge < -0.3 is 8.85 Å². The smallest absolute Gasteiger partial charge is 0.341 e. The fourth-order valence-electron chi connectivity index (χ4n) is 0.144. The van der Waals surface area contributed by atoms with E-state index in [9.17, 15) is 0 Å². The fraction of sp³-hybridized carbons (Fsp3) is 0. The van der Waals surface area contributed by atoms with Crippen molar-refractivity contribution in [2.45, 2.75) is 0 Å². The summed E-state index contributed by atoms with van der Waals surface area (Å²) in [5.74, 6) is 0.472. The summed E-state index contributed by atoms with van der Waals surface area (Å²) in [5, 5.41) is 0. The average molecular weight is 140 g/mol. The normalized spacial score (nSPS) is 9.25. The molecule has 0 amide bonds. The molecule has 0 bridgehead atoms. The molecule has 2 nitrogen and oxygen atoms in total. The van der Waals surface area contributed by atoms with Gasteiger partial charge in [-0.15, -0.1) is 0 Å². The molecule has 0 N–H and O–H groups in total. The predicted octanol–water partition coefficient (Wildman–Crippen LogP) is 0.214. The van der Waals surface area contributed by atoms with E-state index in [1.807, 2.05) is 0 Å². The monoisotopic (exact) mass is 140 g/mol. The molecule has 4 heteroatoms. The van der Waals surface area contributed by atoms with Crippen molar-refractivity contribution in [2.75, 3.05) is 0 Å². The van der Waals surface area contributed by atoms with Crippen molar-refractivity contribution in [3.8, 4) is 0 Å². The van der Waals surface area contributed by atoms with E-state index in [1.54, 1.807) is 6.08 Å². The molecule has 0 aromatic rings. The van der Waals surface area contributed by atoms with Crippen molar-refractivity contribution in [3.63, 3.8) is 0 Å². The van der Waals surface area contributed by atoms with Crippen LogP contribution < -0.4 is 0 Å². The molecule has 0 unspecified atom stereocenters. The molecule has 0 aliphatic heterocycles. The molecule has 6 radical (unpaired) electrons. The van der Waals surface area contributed by atoms with Crippen LogP contribution in [0, 0.1) is 0 Å². The van der Waals surface area contributed by atoms with Gasteiger partial charge in [0, 0.05) is 6.08 Å². The van der Waals surface area contributed by atoms with Crippen LogP contribution in [0.25, 0.3) is 0 Å². The van der Waals surface area contributed by atoms with Crippen LogP contribution in [0.4, 0.5) is 0 Å². The van der Waals surface area contributed by atoms with Gasteiger partial charge in [-0.1, -0.05) is 6.58 Å². The predicted molar refractivity (Wildman–Crippen MR) is 32.0 cm³/mol. The van der Waals surface area contributed by atoms with Gasteiger partial charge in [-0.2, -0.15) is 0 Å². The Hall–Kier alpha value is -0.486. The molecule has 0 aromatic heterocycles. The highest BCUT2D eigenvalue weighted by Gasteiger charge is 1.77. The maximum absolute atomic E-state index is 4.47. The SMILES string of the molecule is C=C(C=CO[Si])O[Si]. The molecule has 0 heterocycles. The molecule has 0 aliphatic rings. The Balaban J connectivity index is 3.37. The summed E-state index contributed by atoms with van der Waals surface area (Å²) in [5.41, 5.74) is 0. The summed E-state index contributed by atoms with van der Waals surface area (Å²) in [7, 11) is 5.52. The lowest BCUT2D eigenvalue weighted by atomic mass is 10.5. The highest BCUT2D eigenvalue weighted by molar-refractivity contribution is 5.99. The zero-order chi connectivity index (χ0) is 6.41. The van der Waals surface area contributed by atoms with E-state index in [0.717, 1.165) is 0 Å². The van der Waals surface area contributed by atoms with Crippen LogP contribution in [0.15, 0.2) is 24.7 Å².